The lowest BCUT2D eigenvalue weighted by Gasteiger charge is -2.14. The fraction of sp³-hybridized carbons (Fsp3) is 0.412. The van der Waals surface area contributed by atoms with E-state index >= 15 is 0 Å². The summed E-state index contributed by atoms with van der Waals surface area (Å²) in [5.41, 5.74) is 0.991. The van der Waals surface area contributed by atoms with Crippen LogP contribution in [0.5, 0.6) is 5.75 Å². The standard InChI is InChI=1S/C17H20N2O2S/c1-12(2)21-14-7-5-13(6-8-14)11-15-16(20)18-17(22-15)19-9-3-4-10-19/h5-8,11-12H,3-4,9-10H2,1-2H3/b15-11-. The van der Waals surface area contributed by atoms with Crippen LogP contribution >= 0.6 is 11.8 Å². The van der Waals surface area contributed by atoms with Crippen LogP contribution in [0.2, 0.25) is 0 Å². The lowest BCUT2D eigenvalue weighted by atomic mass is 10.2. The van der Waals surface area contributed by atoms with Gasteiger partial charge in [-0.25, -0.2) is 0 Å². The first-order valence-corrected chi connectivity index (χ1v) is 8.48. The van der Waals surface area contributed by atoms with Crippen molar-refractivity contribution in [2.45, 2.75) is 32.8 Å². The molecule has 2 heterocycles. The summed E-state index contributed by atoms with van der Waals surface area (Å²) < 4.78 is 5.62. The van der Waals surface area contributed by atoms with Gasteiger partial charge in [-0.05, 0) is 62.2 Å². The number of amidine groups is 1. The van der Waals surface area contributed by atoms with Crippen molar-refractivity contribution in [3.8, 4) is 5.75 Å². The van der Waals surface area contributed by atoms with E-state index in [1.165, 1.54) is 24.6 Å². The molecule has 5 heteroatoms. The fourth-order valence-corrected chi connectivity index (χ4v) is 3.47. The number of ether oxygens (including phenoxy) is 1. The summed E-state index contributed by atoms with van der Waals surface area (Å²) in [5.74, 6) is 0.714. The van der Waals surface area contributed by atoms with Crippen molar-refractivity contribution >= 4 is 28.9 Å². The highest BCUT2D eigenvalue weighted by molar-refractivity contribution is 8.18. The number of hydrogen-bond acceptors (Lipinski definition) is 4. The van der Waals surface area contributed by atoms with Crippen molar-refractivity contribution in [3.63, 3.8) is 0 Å². The van der Waals surface area contributed by atoms with Crippen molar-refractivity contribution in [1.82, 2.24) is 4.90 Å². The minimum absolute atomic E-state index is 0.130. The molecule has 0 saturated carbocycles. The number of rotatable bonds is 3. The second-order valence-corrected chi connectivity index (χ2v) is 6.75. The topological polar surface area (TPSA) is 41.9 Å². The Morgan fingerprint density at radius 2 is 1.91 bits per heavy atom. The van der Waals surface area contributed by atoms with Crippen LogP contribution < -0.4 is 4.74 Å². The van der Waals surface area contributed by atoms with E-state index in [9.17, 15) is 4.79 Å². The Hall–Kier alpha value is -1.75. The summed E-state index contributed by atoms with van der Waals surface area (Å²) in [7, 11) is 0. The maximum atomic E-state index is 12.0. The van der Waals surface area contributed by atoms with Gasteiger partial charge in [-0.3, -0.25) is 4.79 Å². The van der Waals surface area contributed by atoms with Gasteiger partial charge in [0.15, 0.2) is 5.17 Å². The maximum absolute atomic E-state index is 12.0. The second-order valence-electron chi connectivity index (χ2n) is 5.74. The van der Waals surface area contributed by atoms with Crippen LogP contribution in [0.3, 0.4) is 0 Å². The summed E-state index contributed by atoms with van der Waals surface area (Å²) in [6, 6.07) is 7.79. The highest BCUT2D eigenvalue weighted by Crippen LogP contribution is 2.31. The third-order valence-electron chi connectivity index (χ3n) is 3.54. The summed E-state index contributed by atoms with van der Waals surface area (Å²) in [6.45, 7) is 6.02. The molecule has 2 aliphatic rings. The molecule has 116 valence electrons. The summed E-state index contributed by atoms with van der Waals surface area (Å²) in [6.07, 6.45) is 4.43. The van der Waals surface area contributed by atoms with Gasteiger partial charge in [0.05, 0.1) is 11.0 Å². The molecule has 4 nitrogen and oxygen atoms in total. The quantitative estimate of drug-likeness (QED) is 0.800. The maximum Gasteiger partial charge on any atom is 0.286 e. The molecular formula is C17H20N2O2S. The van der Waals surface area contributed by atoms with Crippen molar-refractivity contribution in [3.05, 3.63) is 34.7 Å². The van der Waals surface area contributed by atoms with Gasteiger partial charge >= 0.3 is 0 Å². The monoisotopic (exact) mass is 316 g/mol. The smallest absolute Gasteiger partial charge is 0.286 e. The molecule has 1 saturated heterocycles. The minimum atomic E-state index is -0.130. The molecule has 0 atom stereocenters. The van der Waals surface area contributed by atoms with Gasteiger partial charge in [0.1, 0.15) is 5.75 Å². The summed E-state index contributed by atoms with van der Waals surface area (Å²) in [4.78, 5) is 19.1. The second kappa shape index (κ2) is 6.57. The average Bonchev–Trinajstić information content (AvgIpc) is 3.11. The predicted octanol–water partition coefficient (Wildman–Crippen LogP) is 3.54. The molecule has 0 aromatic heterocycles. The molecule has 1 aromatic rings. The zero-order chi connectivity index (χ0) is 15.5. The van der Waals surface area contributed by atoms with Crippen LogP contribution in [0.1, 0.15) is 32.3 Å². The van der Waals surface area contributed by atoms with E-state index in [2.05, 4.69) is 9.89 Å². The van der Waals surface area contributed by atoms with Crippen molar-refractivity contribution in [1.29, 1.82) is 0 Å². The molecule has 3 rings (SSSR count). The predicted molar refractivity (Wildman–Crippen MR) is 91.0 cm³/mol. The highest BCUT2D eigenvalue weighted by atomic mass is 32.2. The van der Waals surface area contributed by atoms with E-state index in [1.54, 1.807) is 0 Å². The molecular weight excluding hydrogens is 296 g/mol. The molecule has 0 unspecified atom stereocenters. The molecule has 0 N–H and O–H groups in total. The zero-order valence-electron chi connectivity index (χ0n) is 12.9. The number of benzene rings is 1. The number of carbonyl (C=O) groups excluding carboxylic acids is 1. The van der Waals surface area contributed by atoms with E-state index in [4.69, 9.17) is 4.74 Å². The average molecular weight is 316 g/mol. The van der Waals surface area contributed by atoms with Crippen LogP contribution in [-0.2, 0) is 4.79 Å². The molecule has 1 amide bonds. The number of likely N-dealkylation sites (tertiary alicyclic amines) is 1. The molecule has 0 aliphatic carbocycles. The highest BCUT2D eigenvalue weighted by Gasteiger charge is 2.27. The summed E-state index contributed by atoms with van der Waals surface area (Å²) >= 11 is 1.48. The number of nitrogens with zero attached hydrogens (tertiary/aromatic N) is 2. The van der Waals surface area contributed by atoms with E-state index in [-0.39, 0.29) is 12.0 Å². The molecule has 22 heavy (non-hydrogen) atoms. The Kier molecular flexibility index (Phi) is 4.52. The van der Waals surface area contributed by atoms with E-state index in [1.807, 2.05) is 44.2 Å². The van der Waals surface area contributed by atoms with Gasteiger partial charge < -0.3 is 9.64 Å². The number of amides is 1. The molecule has 2 aliphatic heterocycles. The number of carbonyl (C=O) groups is 1. The number of hydrogen-bond donors (Lipinski definition) is 0. The van der Waals surface area contributed by atoms with Gasteiger partial charge in [0.2, 0.25) is 0 Å². The lowest BCUT2D eigenvalue weighted by molar-refractivity contribution is -0.113. The van der Waals surface area contributed by atoms with Crippen LogP contribution in [0.4, 0.5) is 0 Å². The van der Waals surface area contributed by atoms with E-state index < -0.39 is 0 Å². The van der Waals surface area contributed by atoms with Crippen LogP contribution in [0.15, 0.2) is 34.2 Å². The number of thioether (sulfide) groups is 1. The van der Waals surface area contributed by atoms with Gasteiger partial charge in [-0.1, -0.05) is 12.1 Å². The largest absolute Gasteiger partial charge is 0.491 e. The zero-order valence-corrected chi connectivity index (χ0v) is 13.7. The van der Waals surface area contributed by atoms with E-state index in [0.717, 1.165) is 29.6 Å². The van der Waals surface area contributed by atoms with Gasteiger partial charge in [-0.15, -0.1) is 0 Å². The molecule has 1 aromatic carbocycles. The lowest BCUT2D eigenvalue weighted by Crippen LogP contribution is -2.23. The Labute approximate surface area is 135 Å². The third-order valence-corrected chi connectivity index (χ3v) is 4.58. The fourth-order valence-electron chi connectivity index (χ4n) is 2.51. The van der Waals surface area contributed by atoms with Crippen molar-refractivity contribution in [2.24, 2.45) is 4.99 Å². The third kappa shape index (κ3) is 3.53. The summed E-state index contributed by atoms with van der Waals surface area (Å²) in [5, 5.41) is 0.855. The molecule has 1 fully saturated rings. The Balaban J connectivity index is 1.69. The Morgan fingerprint density at radius 3 is 2.55 bits per heavy atom. The molecule has 0 bridgehead atoms. The van der Waals surface area contributed by atoms with Crippen LogP contribution in [-0.4, -0.2) is 35.2 Å². The van der Waals surface area contributed by atoms with Gasteiger partial charge in [0.25, 0.3) is 5.91 Å². The molecule has 0 radical (unpaired) electrons. The van der Waals surface area contributed by atoms with E-state index in [0.29, 0.717) is 4.91 Å². The van der Waals surface area contributed by atoms with Crippen LogP contribution in [0.25, 0.3) is 6.08 Å². The SMILES string of the molecule is CC(C)Oc1ccc(/C=C2\SC(N3CCCC3)=NC2=O)cc1. The normalized spacial score (nSPS) is 20.1. The van der Waals surface area contributed by atoms with Crippen molar-refractivity contribution in [2.75, 3.05) is 13.1 Å². The van der Waals surface area contributed by atoms with Crippen molar-refractivity contribution < 1.29 is 9.53 Å². The molecule has 0 spiro atoms. The first-order valence-electron chi connectivity index (χ1n) is 7.66. The Bertz CT molecular complexity index is 614. The van der Waals surface area contributed by atoms with Crippen LogP contribution in [0, 0.1) is 0 Å². The first kappa shape index (κ1) is 15.2. The number of aliphatic imine (C=N–C) groups is 1. The minimum Gasteiger partial charge on any atom is -0.491 e. The van der Waals surface area contributed by atoms with Gasteiger partial charge in [0, 0.05) is 13.1 Å². The first-order chi connectivity index (χ1) is 10.6. The van der Waals surface area contributed by atoms with Gasteiger partial charge in [-0.2, -0.15) is 4.99 Å². The Morgan fingerprint density at radius 1 is 1.23 bits per heavy atom.